The van der Waals surface area contributed by atoms with Gasteiger partial charge in [-0.15, -0.1) is 6.42 Å². The zero-order chi connectivity index (χ0) is 20.4. The lowest BCUT2D eigenvalue weighted by molar-refractivity contribution is -0.123. The molecule has 0 aliphatic carbocycles. The number of terminal acetylenes is 1. The van der Waals surface area contributed by atoms with Crippen LogP contribution in [-0.2, 0) is 9.59 Å². The first-order valence-corrected chi connectivity index (χ1v) is 9.30. The fourth-order valence-corrected chi connectivity index (χ4v) is 2.72. The number of amides is 2. The minimum Gasteiger partial charge on any atom is -0.494 e. The molecule has 0 unspecified atom stereocenters. The number of likely N-dealkylation sites (N-methyl/N-ethyl adjacent to an activating group) is 1. The fraction of sp³-hybridized carbons (Fsp3) is 0.304. The zero-order valence-electron chi connectivity index (χ0n) is 16.4. The van der Waals surface area contributed by atoms with Crippen LogP contribution in [0.15, 0.2) is 48.5 Å². The van der Waals surface area contributed by atoms with Crippen molar-refractivity contribution in [1.29, 1.82) is 0 Å². The van der Waals surface area contributed by atoms with Gasteiger partial charge in [0.05, 0.1) is 6.61 Å². The van der Waals surface area contributed by atoms with E-state index in [1.807, 2.05) is 31.2 Å². The Hall–Kier alpha value is -3.26. The van der Waals surface area contributed by atoms with Crippen molar-refractivity contribution in [2.24, 2.45) is 0 Å². The summed E-state index contributed by atoms with van der Waals surface area (Å²) in [6, 6.07) is 15.0. The van der Waals surface area contributed by atoms with E-state index in [2.05, 4.69) is 11.2 Å². The van der Waals surface area contributed by atoms with Gasteiger partial charge in [-0.05, 0) is 55.7 Å². The summed E-state index contributed by atoms with van der Waals surface area (Å²) in [4.78, 5) is 26.0. The number of hydrogen-bond donors (Lipinski definition) is 1. The van der Waals surface area contributed by atoms with Crippen LogP contribution in [-0.4, -0.2) is 32.0 Å². The first kappa shape index (κ1) is 21.0. The molecule has 0 aliphatic heterocycles. The van der Waals surface area contributed by atoms with Gasteiger partial charge in [0.15, 0.2) is 0 Å². The summed E-state index contributed by atoms with van der Waals surface area (Å²) in [5, 5.41) is 2.55. The standard InChI is InChI=1S/C23H26N2O3/c1-4-19-10-8-11-20(16-19)25(17-22(26)24-3)23(27)13-5-6-14-28-21-12-7-9-18(2)15-21/h1,7-12,15-16H,5-6,13-14,17H2,2-3H3,(H,24,26). The average molecular weight is 378 g/mol. The van der Waals surface area contributed by atoms with Gasteiger partial charge in [0, 0.05) is 24.7 Å². The van der Waals surface area contributed by atoms with Gasteiger partial charge < -0.3 is 15.0 Å². The third-order valence-corrected chi connectivity index (χ3v) is 4.25. The molecule has 0 atom stereocenters. The second-order valence-corrected chi connectivity index (χ2v) is 6.47. The highest BCUT2D eigenvalue weighted by molar-refractivity contribution is 5.98. The van der Waals surface area contributed by atoms with E-state index in [0.29, 0.717) is 30.7 Å². The van der Waals surface area contributed by atoms with Crippen molar-refractivity contribution in [3.8, 4) is 18.1 Å². The number of hydrogen-bond acceptors (Lipinski definition) is 3. The van der Waals surface area contributed by atoms with Crippen molar-refractivity contribution in [1.82, 2.24) is 5.32 Å². The number of unbranched alkanes of at least 4 members (excludes halogenated alkanes) is 1. The summed E-state index contributed by atoms with van der Waals surface area (Å²) >= 11 is 0. The van der Waals surface area contributed by atoms with Crippen LogP contribution in [0.1, 0.15) is 30.4 Å². The third kappa shape index (κ3) is 6.48. The van der Waals surface area contributed by atoms with E-state index in [1.165, 1.54) is 4.90 Å². The van der Waals surface area contributed by atoms with Gasteiger partial charge in [-0.2, -0.15) is 0 Å². The Bertz CT molecular complexity index is 855. The van der Waals surface area contributed by atoms with Crippen LogP contribution in [0.2, 0.25) is 0 Å². The van der Waals surface area contributed by atoms with Crippen LogP contribution in [0.25, 0.3) is 0 Å². The molecule has 0 spiro atoms. The van der Waals surface area contributed by atoms with Crippen LogP contribution in [0.5, 0.6) is 5.75 Å². The number of benzene rings is 2. The normalized spacial score (nSPS) is 10.0. The van der Waals surface area contributed by atoms with Crippen LogP contribution in [0.3, 0.4) is 0 Å². The van der Waals surface area contributed by atoms with Gasteiger partial charge in [0.2, 0.25) is 11.8 Å². The van der Waals surface area contributed by atoms with E-state index in [1.54, 1.807) is 31.3 Å². The molecule has 0 saturated carbocycles. The quantitative estimate of drug-likeness (QED) is 0.538. The summed E-state index contributed by atoms with van der Waals surface area (Å²) in [5.41, 5.74) is 2.44. The fourth-order valence-electron chi connectivity index (χ4n) is 2.72. The molecule has 2 rings (SSSR count). The molecule has 28 heavy (non-hydrogen) atoms. The van der Waals surface area contributed by atoms with E-state index in [9.17, 15) is 9.59 Å². The molecule has 2 aromatic carbocycles. The third-order valence-electron chi connectivity index (χ3n) is 4.25. The number of carbonyl (C=O) groups excluding carboxylic acids is 2. The molecule has 1 N–H and O–H groups in total. The van der Waals surface area contributed by atoms with Crippen molar-refractivity contribution in [2.75, 3.05) is 25.1 Å². The van der Waals surface area contributed by atoms with E-state index in [-0.39, 0.29) is 18.4 Å². The Morgan fingerprint density at radius 3 is 2.64 bits per heavy atom. The number of carbonyl (C=O) groups is 2. The smallest absolute Gasteiger partial charge is 0.239 e. The van der Waals surface area contributed by atoms with E-state index in [0.717, 1.165) is 17.7 Å². The molecule has 5 heteroatoms. The first-order valence-electron chi connectivity index (χ1n) is 9.30. The van der Waals surface area contributed by atoms with Gasteiger partial charge in [-0.25, -0.2) is 0 Å². The summed E-state index contributed by atoms with van der Waals surface area (Å²) in [7, 11) is 1.55. The number of aryl methyl sites for hydroxylation is 1. The Labute approximate surface area is 166 Å². The predicted molar refractivity (Wildman–Crippen MR) is 111 cm³/mol. The molecule has 0 aromatic heterocycles. The van der Waals surface area contributed by atoms with Crippen LogP contribution in [0.4, 0.5) is 5.69 Å². The maximum atomic E-state index is 12.7. The molecular formula is C23H26N2O3. The lowest BCUT2D eigenvalue weighted by Gasteiger charge is -2.22. The highest BCUT2D eigenvalue weighted by atomic mass is 16.5. The predicted octanol–water partition coefficient (Wildman–Crippen LogP) is 3.30. The minimum atomic E-state index is -0.234. The maximum absolute atomic E-state index is 12.7. The van der Waals surface area contributed by atoms with E-state index < -0.39 is 0 Å². The van der Waals surface area contributed by atoms with Crippen LogP contribution >= 0.6 is 0 Å². The Balaban J connectivity index is 1.91. The number of anilines is 1. The van der Waals surface area contributed by atoms with Crippen molar-refractivity contribution in [2.45, 2.75) is 26.2 Å². The topological polar surface area (TPSA) is 58.6 Å². The Morgan fingerprint density at radius 1 is 1.14 bits per heavy atom. The SMILES string of the molecule is C#Cc1cccc(N(CC(=O)NC)C(=O)CCCCOc2cccc(C)c2)c1. The zero-order valence-corrected chi connectivity index (χ0v) is 16.4. The number of rotatable bonds is 9. The number of nitrogens with one attached hydrogen (secondary N) is 1. The number of nitrogens with zero attached hydrogens (tertiary/aromatic N) is 1. The Morgan fingerprint density at radius 2 is 1.93 bits per heavy atom. The highest BCUT2D eigenvalue weighted by Crippen LogP contribution is 2.18. The van der Waals surface area contributed by atoms with Gasteiger partial charge >= 0.3 is 0 Å². The molecular weight excluding hydrogens is 352 g/mol. The molecule has 0 fully saturated rings. The molecule has 2 aromatic rings. The molecule has 5 nitrogen and oxygen atoms in total. The van der Waals surface area contributed by atoms with Crippen molar-refractivity contribution in [3.05, 3.63) is 59.7 Å². The lowest BCUT2D eigenvalue weighted by Crippen LogP contribution is -2.39. The van der Waals surface area contributed by atoms with E-state index >= 15 is 0 Å². The number of ether oxygens (including phenoxy) is 1. The van der Waals surface area contributed by atoms with Gasteiger partial charge in [-0.3, -0.25) is 9.59 Å². The maximum Gasteiger partial charge on any atom is 0.239 e. The molecule has 0 bridgehead atoms. The Kier molecular flexibility index (Phi) is 8.11. The van der Waals surface area contributed by atoms with Crippen LogP contribution < -0.4 is 15.0 Å². The molecule has 0 aliphatic rings. The molecule has 0 saturated heterocycles. The molecule has 2 amide bonds. The van der Waals surface area contributed by atoms with Crippen molar-refractivity contribution >= 4 is 17.5 Å². The summed E-state index contributed by atoms with van der Waals surface area (Å²) in [6.45, 7) is 2.52. The second-order valence-electron chi connectivity index (χ2n) is 6.47. The minimum absolute atomic E-state index is 0.0385. The van der Waals surface area contributed by atoms with Crippen molar-refractivity contribution < 1.29 is 14.3 Å². The second kappa shape index (κ2) is 10.8. The first-order chi connectivity index (χ1) is 13.5. The molecule has 0 radical (unpaired) electrons. The monoisotopic (exact) mass is 378 g/mol. The van der Waals surface area contributed by atoms with Gasteiger partial charge in [0.1, 0.15) is 12.3 Å². The van der Waals surface area contributed by atoms with E-state index in [4.69, 9.17) is 11.2 Å². The highest BCUT2D eigenvalue weighted by Gasteiger charge is 2.18. The van der Waals surface area contributed by atoms with Crippen molar-refractivity contribution in [3.63, 3.8) is 0 Å². The molecule has 0 heterocycles. The van der Waals surface area contributed by atoms with Crippen LogP contribution in [0, 0.1) is 19.3 Å². The van der Waals surface area contributed by atoms with Gasteiger partial charge in [0.25, 0.3) is 0 Å². The largest absolute Gasteiger partial charge is 0.494 e. The van der Waals surface area contributed by atoms with Gasteiger partial charge in [-0.1, -0.05) is 24.1 Å². The summed E-state index contributed by atoms with van der Waals surface area (Å²) in [5.74, 6) is 3.03. The lowest BCUT2D eigenvalue weighted by atomic mass is 10.1. The molecule has 146 valence electrons. The summed E-state index contributed by atoms with van der Waals surface area (Å²) in [6.07, 6.45) is 7.19. The average Bonchev–Trinajstić information content (AvgIpc) is 2.71. The summed E-state index contributed by atoms with van der Waals surface area (Å²) < 4.78 is 5.71.